The monoisotopic (exact) mass is 282 g/mol. The van der Waals surface area contributed by atoms with Crippen LogP contribution in [-0.4, -0.2) is 11.2 Å². The van der Waals surface area contributed by atoms with Gasteiger partial charge in [0.15, 0.2) is 0 Å². The first-order valence-electron chi connectivity index (χ1n) is 6.22. The van der Waals surface area contributed by atoms with Crippen LogP contribution in [0.25, 0.3) is 0 Å². The molecule has 2 aromatic carbocycles. The van der Waals surface area contributed by atoms with E-state index in [-0.39, 0.29) is 5.91 Å². The zero-order valence-corrected chi connectivity index (χ0v) is 11.7. The number of hydrogen-bond acceptors (Lipinski definition) is 3. The van der Waals surface area contributed by atoms with Gasteiger partial charge in [-0.05, 0) is 24.1 Å². The third-order valence-corrected chi connectivity index (χ3v) is 3.30. The van der Waals surface area contributed by atoms with Crippen LogP contribution >= 0.6 is 12.6 Å². The molecule has 0 radical (unpaired) electrons. The number of carbonyl (C=O) groups is 1. The normalized spacial score (nSPS) is 11.4. The minimum absolute atomic E-state index is 0.208. The van der Waals surface area contributed by atoms with Crippen LogP contribution in [0.5, 0.6) is 0 Å². The van der Waals surface area contributed by atoms with Gasteiger partial charge in [-0.1, -0.05) is 42.5 Å². The highest BCUT2D eigenvalue weighted by Gasteiger charge is 2.15. The lowest BCUT2D eigenvalue weighted by molar-refractivity contribution is -0.115. The van der Waals surface area contributed by atoms with Crippen LogP contribution in [-0.2, 0) is 11.2 Å². The highest BCUT2D eigenvalue weighted by Crippen LogP contribution is 2.16. The summed E-state index contributed by atoms with van der Waals surface area (Å²) in [5.41, 5.74) is 2.02. The molecule has 0 spiro atoms. The molecule has 0 aliphatic heterocycles. The molecule has 20 heavy (non-hydrogen) atoms. The predicted molar refractivity (Wildman–Crippen MR) is 82.7 cm³/mol. The summed E-state index contributed by atoms with van der Waals surface area (Å²) in [5, 5.41) is 11.3. The van der Waals surface area contributed by atoms with Gasteiger partial charge in [-0.2, -0.15) is 17.9 Å². The van der Waals surface area contributed by atoms with Gasteiger partial charge >= 0.3 is 0 Å². The summed E-state index contributed by atoms with van der Waals surface area (Å²) < 4.78 is 0. The number of thiol groups is 1. The Balaban J connectivity index is 2.03. The first-order valence-corrected chi connectivity index (χ1v) is 6.74. The maximum Gasteiger partial charge on any atom is 0.237 e. The van der Waals surface area contributed by atoms with Crippen molar-refractivity contribution in [1.29, 1.82) is 5.26 Å². The minimum atomic E-state index is -0.454. The number of amides is 1. The molecule has 2 aromatic rings. The van der Waals surface area contributed by atoms with Crippen LogP contribution in [0, 0.1) is 11.3 Å². The Bertz CT molecular complexity index is 634. The smallest absolute Gasteiger partial charge is 0.237 e. The first kappa shape index (κ1) is 14.2. The molecule has 100 valence electrons. The average Bonchev–Trinajstić information content (AvgIpc) is 2.48. The lowest BCUT2D eigenvalue weighted by Crippen LogP contribution is -2.25. The predicted octanol–water partition coefficient (Wildman–Crippen LogP) is 3.04. The van der Waals surface area contributed by atoms with Crippen molar-refractivity contribution in [2.45, 2.75) is 11.7 Å². The lowest BCUT2D eigenvalue weighted by atomic mass is 10.1. The summed E-state index contributed by atoms with van der Waals surface area (Å²) in [5.74, 6) is -0.208. The number of nitrogens with one attached hydrogen (secondary N) is 1. The van der Waals surface area contributed by atoms with E-state index in [1.807, 2.05) is 36.4 Å². The fraction of sp³-hybridized carbons (Fsp3) is 0.125. The fourth-order valence-electron chi connectivity index (χ4n) is 1.84. The number of benzene rings is 2. The zero-order valence-electron chi connectivity index (χ0n) is 10.8. The maximum atomic E-state index is 12.1. The van der Waals surface area contributed by atoms with Crippen LogP contribution < -0.4 is 5.32 Å². The second-order valence-corrected chi connectivity index (χ2v) is 4.98. The van der Waals surface area contributed by atoms with E-state index < -0.39 is 5.25 Å². The van der Waals surface area contributed by atoms with Crippen molar-refractivity contribution in [1.82, 2.24) is 0 Å². The molecule has 1 atom stereocenters. The van der Waals surface area contributed by atoms with Gasteiger partial charge in [0.1, 0.15) is 6.07 Å². The first-order chi connectivity index (χ1) is 9.70. The molecular formula is C16H14N2OS. The molecule has 3 nitrogen and oxygen atoms in total. The zero-order chi connectivity index (χ0) is 14.4. The third kappa shape index (κ3) is 3.62. The molecule has 2 rings (SSSR count). The van der Waals surface area contributed by atoms with Crippen molar-refractivity contribution < 1.29 is 4.79 Å². The second kappa shape index (κ2) is 6.78. The van der Waals surface area contributed by atoms with Crippen LogP contribution in [0.1, 0.15) is 11.1 Å². The van der Waals surface area contributed by atoms with Crippen molar-refractivity contribution in [3.63, 3.8) is 0 Å². The van der Waals surface area contributed by atoms with E-state index in [0.29, 0.717) is 17.7 Å². The summed E-state index contributed by atoms with van der Waals surface area (Å²) in [6, 6.07) is 18.7. The van der Waals surface area contributed by atoms with E-state index in [2.05, 4.69) is 17.9 Å². The van der Waals surface area contributed by atoms with Crippen molar-refractivity contribution in [2.24, 2.45) is 0 Å². The Morgan fingerprint density at radius 1 is 1.15 bits per heavy atom. The third-order valence-electron chi connectivity index (χ3n) is 2.88. The van der Waals surface area contributed by atoms with E-state index in [4.69, 9.17) is 5.26 Å². The van der Waals surface area contributed by atoms with Gasteiger partial charge in [0, 0.05) is 0 Å². The minimum Gasteiger partial charge on any atom is -0.324 e. The number of nitrogens with zero attached hydrogens (tertiary/aromatic N) is 1. The Labute approximate surface area is 123 Å². The van der Waals surface area contributed by atoms with E-state index in [1.165, 1.54) is 0 Å². The van der Waals surface area contributed by atoms with E-state index in [0.717, 1.165) is 5.56 Å². The van der Waals surface area contributed by atoms with Crippen molar-refractivity contribution in [3.8, 4) is 6.07 Å². The lowest BCUT2D eigenvalue weighted by Gasteiger charge is -2.12. The molecule has 0 saturated heterocycles. The summed E-state index contributed by atoms with van der Waals surface area (Å²) >= 11 is 4.34. The number of carbonyl (C=O) groups excluding carboxylic acids is 1. The van der Waals surface area contributed by atoms with Crippen molar-refractivity contribution in [2.75, 3.05) is 5.32 Å². The van der Waals surface area contributed by atoms with Gasteiger partial charge in [0.2, 0.25) is 5.91 Å². The van der Waals surface area contributed by atoms with E-state index in [1.54, 1.807) is 24.3 Å². The summed E-state index contributed by atoms with van der Waals surface area (Å²) in [7, 11) is 0. The second-order valence-electron chi connectivity index (χ2n) is 4.35. The quantitative estimate of drug-likeness (QED) is 0.847. The molecular weight excluding hydrogens is 268 g/mol. The summed E-state index contributed by atoms with van der Waals surface area (Å²) in [6.07, 6.45) is 0.546. The highest BCUT2D eigenvalue weighted by atomic mass is 32.1. The molecule has 0 bridgehead atoms. The topological polar surface area (TPSA) is 52.9 Å². The molecule has 1 unspecified atom stereocenters. The van der Waals surface area contributed by atoms with Gasteiger partial charge in [-0.15, -0.1) is 0 Å². The molecule has 4 heteroatoms. The molecule has 0 aromatic heterocycles. The summed E-state index contributed by atoms with van der Waals surface area (Å²) in [6.45, 7) is 0. The van der Waals surface area contributed by atoms with Gasteiger partial charge in [0.25, 0.3) is 0 Å². The fourth-order valence-corrected chi connectivity index (χ4v) is 2.11. The molecule has 1 N–H and O–H groups in total. The molecule has 0 aliphatic carbocycles. The van der Waals surface area contributed by atoms with E-state index >= 15 is 0 Å². The maximum absolute atomic E-state index is 12.1. The van der Waals surface area contributed by atoms with E-state index in [9.17, 15) is 4.79 Å². The Morgan fingerprint density at radius 2 is 1.80 bits per heavy atom. The van der Waals surface area contributed by atoms with Crippen molar-refractivity contribution >= 4 is 24.2 Å². The molecule has 0 fully saturated rings. The number of anilines is 1. The molecule has 0 aliphatic rings. The highest BCUT2D eigenvalue weighted by molar-refractivity contribution is 7.81. The Morgan fingerprint density at radius 3 is 2.50 bits per heavy atom. The molecule has 0 heterocycles. The van der Waals surface area contributed by atoms with Crippen LogP contribution in [0.4, 0.5) is 5.69 Å². The Kier molecular flexibility index (Phi) is 4.80. The Hall–Kier alpha value is -2.25. The SMILES string of the molecule is N#Cc1ccccc1NC(=O)C(S)Cc1ccccc1. The van der Waals surface area contributed by atoms with Crippen LogP contribution in [0.15, 0.2) is 54.6 Å². The summed E-state index contributed by atoms with van der Waals surface area (Å²) in [4.78, 5) is 12.1. The van der Waals surface area contributed by atoms with Gasteiger partial charge in [-0.25, -0.2) is 0 Å². The average molecular weight is 282 g/mol. The largest absolute Gasteiger partial charge is 0.324 e. The van der Waals surface area contributed by atoms with Crippen molar-refractivity contribution in [3.05, 3.63) is 65.7 Å². The molecule has 0 saturated carbocycles. The number of para-hydroxylation sites is 1. The number of hydrogen-bond donors (Lipinski definition) is 2. The molecule has 1 amide bonds. The van der Waals surface area contributed by atoms with Gasteiger partial charge in [0.05, 0.1) is 16.5 Å². The number of rotatable bonds is 4. The van der Waals surface area contributed by atoms with Crippen LogP contribution in [0.3, 0.4) is 0 Å². The van der Waals surface area contributed by atoms with Crippen LogP contribution in [0.2, 0.25) is 0 Å². The standard InChI is InChI=1S/C16H14N2OS/c17-11-13-8-4-5-9-14(13)18-16(19)15(20)10-12-6-2-1-3-7-12/h1-9,15,20H,10H2,(H,18,19). The van der Waals surface area contributed by atoms with Gasteiger partial charge < -0.3 is 5.32 Å². The number of nitriles is 1. The van der Waals surface area contributed by atoms with Gasteiger partial charge in [-0.3, -0.25) is 4.79 Å².